The van der Waals surface area contributed by atoms with Crippen molar-refractivity contribution in [2.45, 2.75) is 51.4 Å². The second-order valence-electron chi connectivity index (χ2n) is 8.54. The standard InChI is InChI=1S/C23H25F3N4O2/c1-14(16-6-4-7-17(10-16)23(24,25)26)27-21-18-12-30(22(3)8-5-9-32-13-22)20(31)11-19(18)28-15(2)29-21/h4,6-7,10-12,14H,5,8-9,13H2,1-3H3,(H,27,28,29)/t14-,22?/m1/s1. The molecule has 0 bridgehead atoms. The minimum atomic E-state index is -4.42. The number of hydrogen-bond acceptors (Lipinski definition) is 5. The highest BCUT2D eigenvalue weighted by Gasteiger charge is 2.32. The molecule has 170 valence electrons. The van der Waals surface area contributed by atoms with Crippen LogP contribution in [0.2, 0.25) is 0 Å². The molecule has 9 heteroatoms. The van der Waals surface area contributed by atoms with Crippen molar-refractivity contribution < 1.29 is 17.9 Å². The lowest BCUT2D eigenvalue weighted by Crippen LogP contribution is -2.44. The van der Waals surface area contributed by atoms with Crippen LogP contribution in [0.3, 0.4) is 0 Å². The first-order valence-corrected chi connectivity index (χ1v) is 10.5. The number of nitrogens with zero attached hydrogens (tertiary/aromatic N) is 3. The van der Waals surface area contributed by atoms with E-state index in [1.54, 1.807) is 30.7 Å². The topological polar surface area (TPSA) is 69.0 Å². The van der Waals surface area contributed by atoms with Gasteiger partial charge in [0.05, 0.1) is 28.6 Å². The molecule has 0 spiro atoms. The minimum absolute atomic E-state index is 0.180. The third-order valence-corrected chi connectivity index (χ3v) is 5.91. The Morgan fingerprint density at radius 2 is 2.03 bits per heavy atom. The van der Waals surface area contributed by atoms with Crippen molar-refractivity contribution >= 4 is 16.7 Å². The lowest BCUT2D eigenvalue weighted by molar-refractivity contribution is -0.137. The largest absolute Gasteiger partial charge is 0.416 e. The maximum atomic E-state index is 13.1. The van der Waals surface area contributed by atoms with Crippen LogP contribution in [-0.2, 0) is 16.5 Å². The van der Waals surface area contributed by atoms with Crippen molar-refractivity contribution in [1.82, 2.24) is 14.5 Å². The minimum Gasteiger partial charge on any atom is -0.379 e. The highest BCUT2D eigenvalue weighted by molar-refractivity contribution is 5.88. The summed E-state index contributed by atoms with van der Waals surface area (Å²) in [6.45, 7) is 6.55. The molecule has 0 aliphatic carbocycles. The van der Waals surface area contributed by atoms with Gasteiger partial charge in [0.15, 0.2) is 0 Å². The van der Waals surface area contributed by atoms with Crippen molar-refractivity contribution in [1.29, 1.82) is 0 Å². The second kappa shape index (κ2) is 8.20. The van der Waals surface area contributed by atoms with Gasteiger partial charge in [-0.3, -0.25) is 4.79 Å². The number of aromatic nitrogens is 3. The number of halogens is 3. The van der Waals surface area contributed by atoms with Gasteiger partial charge in [0, 0.05) is 24.9 Å². The number of fused-ring (bicyclic) bond motifs is 1. The Labute approximate surface area is 183 Å². The molecule has 1 unspecified atom stereocenters. The van der Waals surface area contributed by atoms with Crippen LogP contribution in [0.4, 0.5) is 19.0 Å². The van der Waals surface area contributed by atoms with Gasteiger partial charge in [-0.05, 0) is 51.3 Å². The fourth-order valence-electron chi connectivity index (χ4n) is 4.13. The second-order valence-corrected chi connectivity index (χ2v) is 8.54. The maximum absolute atomic E-state index is 13.1. The Morgan fingerprint density at radius 3 is 2.72 bits per heavy atom. The van der Waals surface area contributed by atoms with E-state index in [1.807, 2.05) is 6.92 Å². The van der Waals surface area contributed by atoms with Crippen LogP contribution in [0.5, 0.6) is 0 Å². The van der Waals surface area contributed by atoms with Crippen LogP contribution in [-0.4, -0.2) is 27.7 Å². The average molecular weight is 446 g/mol. The van der Waals surface area contributed by atoms with E-state index in [0.29, 0.717) is 41.3 Å². The molecule has 0 amide bonds. The summed E-state index contributed by atoms with van der Waals surface area (Å²) in [6, 6.07) is 6.23. The van der Waals surface area contributed by atoms with Crippen LogP contribution in [0.25, 0.3) is 10.9 Å². The molecule has 2 atom stereocenters. The number of alkyl halides is 3. The van der Waals surface area contributed by atoms with Gasteiger partial charge in [0.25, 0.3) is 5.56 Å². The van der Waals surface area contributed by atoms with E-state index in [-0.39, 0.29) is 5.56 Å². The van der Waals surface area contributed by atoms with Crippen LogP contribution in [0.15, 0.2) is 41.3 Å². The fraction of sp³-hybridized carbons (Fsp3) is 0.435. The van der Waals surface area contributed by atoms with Gasteiger partial charge in [-0.15, -0.1) is 0 Å². The number of pyridine rings is 1. The summed E-state index contributed by atoms with van der Waals surface area (Å²) in [6.07, 6.45) is -1.04. The molecule has 1 aliphatic rings. The molecular formula is C23H25F3N4O2. The predicted octanol–water partition coefficient (Wildman–Crippen LogP) is 4.82. The molecule has 32 heavy (non-hydrogen) atoms. The summed E-state index contributed by atoms with van der Waals surface area (Å²) < 4.78 is 46.7. The van der Waals surface area contributed by atoms with Crippen LogP contribution in [0.1, 0.15) is 49.7 Å². The molecule has 2 aromatic heterocycles. The van der Waals surface area contributed by atoms with Gasteiger partial charge in [-0.2, -0.15) is 13.2 Å². The van der Waals surface area contributed by atoms with Crippen LogP contribution in [0, 0.1) is 6.92 Å². The Morgan fingerprint density at radius 1 is 1.25 bits per heavy atom. The predicted molar refractivity (Wildman–Crippen MR) is 116 cm³/mol. The summed E-state index contributed by atoms with van der Waals surface area (Å²) in [5, 5.41) is 3.84. The van der Waals surface area contributed by atoms with Gasteiger partial charge in [0.1, 0.15) is 11.6 Å². The highest BCUT2D eigenvalue weighted by Crippen LogP contribution is 2.32. The van der Waals surface area contributed by atoms with Crippen molar-refractivity contribution in [3.63, 3.8) is 0 Å². The molecule has 4 rings (SSSR count). The summed E-state index contributed by atoms with van der Waals surface area (Å²) in [4.78, 5) is 21.7. The summed E-state index contributed by atoms with van der Waals surface area (Å²) in [5.41, 5.74) is -0.409. The first-order valence-electron chi connectivity index (χ1n) is 10.5. The van der Waals surface area contributed by atoms with E-state index in [4.69, 9.17) is 4.74 Å². The van der Waals surface area contributed by atoms with Crippen molar-refractivity contribution in [3.8, 4) is 0 Å². The summed E-state index contributed by atoms with van der Waals surface area (Å²) >= 11 is 0. The molecule has 3 heterocycles. The van der Waals surface area contributed by atoms with Gasteiger partial charge >= 0.3 is 6.18 Å². The lowest BCUT2D eigenvalue weighted by atomic mass is 9.94. The number of rotatable bonds is 4. The molecule has 1 N–H and O–H groups in total. The normalized spacial score (nSPS) is 20.3. The zero-order valence-corrected chi connectivity index (χ0v) is 18.2. The Hall–Kier alpha value is -2.94. The highest BCUT2D eigenvalue weighted by atomic mass is 19.4. The fourth-order valence-corrected chi connectivity index (χ4v) is 4.13. The number of ether oxygens (including phenoxy) is 1. The number of benzene rings is 1. The van der Waals surface area contributed by atoms with Crippen molar-refractivity contribution in [3.05, 3.63) is 63.8 Å². The Bertz CT molecular complexity index is 1200. The molecule has 0 saturated carbocycles. The number of anilines is 1. The lowest BCUT2D eigenvalue weighted by Gasteiger charge is -2.35. The van der Waals surface area contributed by atoms with Crippen molar-refractivity contribution in [2.24, 2.45) is 0 Å². The summed E-state index contributed by atoms with van der Waals surface area (Å²) in [5.74, 6) is 0.923. The zero-order chi connectivity index (χ0) is 23.1. The number of aryl methyl sites for hydroxylation is 1. The monoisotopic (exact) mass is 446 g/mol. The van der Waals surface area contributed by atoms with E-state index < -0.39 is 23.3 Å². The molecule has 6 nitrogen and oxygen atoms in total. The third kappa shape index (κ3) is 4.34. The van der Waals surface area contributed by atoms with Gasteiger partial charge < -0.3 is 14.6 Å². The maximum Gasteiger partial charge on any atom is 0.416 e. The van der Waals surface area contributed by atoms with Crippen LogP contribution < -0.4 is 10.9 Å². The van der Waals surface area contributed by atoms with E-state index in [9.17, 15) is 18.0 Å². The SMILES string of the molecule is Cc1nc(N[C@H](C)c2cccc(C(F)(F)F)c2)c2cn(C3(C)CCCOC3)c(=O)cc2n1. The Balaban J connectivity index is 1.75. The molecule has 1 aromatic carbocycles. The first kappa shape index (κ1) is 22.3. The zero-order valence-electron chi connectivity index (χ0n) is 18.2. The molecule has 1 saturated heterocycles. The van der Waals surface area contributed by atoms with Gasteiger partial charge in [0.2, 0.25) is 0 Å². The first-order chi connectivity index (χ1) is 15.1. The van der Waals surface area contributed by atoms with Gasteiger partial charge in [-0.1, -0.05) is 12.1 Å². The quantitative estimate of drug-likeness (QED) is 0.623. The Kier molecular flexibility index (Phi) is 5.70. The third-order valence-electron chi connectivity index (χ3n) is 5.91. The van der Waals surface area contributed by atoms with E-state index in [1.165, 1.54) is 12.1 Å². The van der Waals surface area contributed by atoms with Crippen molar-refractivity contribution in [2.75, 3.05) is 18.5 Å². The number of nitrogens with one attached hydrogen (secondary N) is 1. The van der Waals surface area contributed by atoms with Gasteiger partial charge in [-0.25, -0.2) is 9.97 Å². The number of hydrogen-bond donors (Lipinski definition) is 1. The van der Waals surface area contributed by atoms with E-state index >= 15 is 0 Å². The molecular weight excluding hydrogens is 421 g/mol. The molecule has 3 aromatic rings. The van der Waals surface area contributed by atoms with E-state index in [2.05, 4.69) is 15.3 Å². The summed E-state index contributed by atoms with van der Waals surface area (Å²) in [7, 11) is 0. The average Bonchev–Trinajstić information content (AvgIpc) is 2.73. The molecule has 0 radical (unpaired) electrons. The van der Waals surface area contributed by atoms with Crippen LogP contribution >= 0.6 is 0 Å². The molecule has 1 fully saturated rings. The van der Waals surface area contributed by atoms with E-state index in [0.717, 1.165) is 25.0 Å². The smallest absolute Gasteiger partial charge is 0.379 e. The molecule has 1 aliphatic heterocycles.